The van der Waals surface area contributed by atoms with Crippen molar-refractivity contribution in [1.29, 1.82) is 0 Å². The molecule has 76 heavy (non-hydrogen) atoms. The molecule has 0 aliphatic carbocycles. The van der Waals surface area contributed by atoms with Crippen molar-refractivity contribution in [1.82, 2.24) is 0 Å². The maximum Gasteiger partial charge on any atom is 0.131 e. The molecule has 4 heterocycles. The summed E-state index contributed by atoms with van der Waals surface area (Å²) >= 11 is 0. The van der Waals surface area contributed by atoms with E-state index in [1.807, 2.05) is 78.5 Å². The predicted molar refractivity (Wildman–Crippen MR) is 316 cm³/mol. The second kappa shape index (κ2) is 18.8. The zero-order chi connectivity index (χ0) is 54.1. The van der Waals surface area contributed by atoms with Crippen LogP contribution in [0.5, 0.6) is 23.0 Å². The number of hydrogen-bond acceptors (Lipinski definition) is 12. The van der Waals surface area contributed by atoms with Gasteiger partial charge in [0.2, 0.25) is 0 Å². The van der Waals surface area contributed by atoms with Crippen molar-refractivity contribution in [3.63, 3.8) is 0 Å². The molecule has 0 fully saturated rings. The number of hydrogen-bond donors (Lipinski definition) is 0. The molecule has 0 unspecified atom stereocenters. The highest BCUT2D eigenvalue weighted by atomic mass is 16.5. The van der Waals surface area contributed by atoms with Crippen LogP contribution in [0, 0.1) is 0 Å². The molecule has 13 rings (SSSR count). The third-order valence-corrected chi connectivity index (χ3v) is 14.8. The number of para-hydroxylation sites is 8. The molecule has 4 aliphatic heterocycles. The van der Waals surface area contributed by atoms with Gasteiger partial charge in [0.25, 0.3) is 0 Å². The fraction of sp³-hybridized carbons (Fsp3) is 0.156. The standard InChI is InChI=1S/C64H60N10O2/c1-65(2)49-33-51(69-41-67(5)57-21-7-9-23-59(57)69)39-55(37-49)75-53-19-15-17-47(35-53)73-43-71(61-25-11-13-27-63(61)73)45-29-31-46(32-30-45)72-44-74(64-28-14-12-26-62(64)72)48-18-16-20-54(36-48)76-56-38-50(66(3)4)34-52(40-56)70-42-68(6)58-22-8-10-24-60(58)70/h7-40H,41-44H2,1-6H3/i5D3. The van der Waals surface area contributed by atoms with Crippen LogP contribution in [0.3, 0.4) is 0 Å². The van der Waals surface area contributed by atoms with Crippen molar-refractivity contribution in [2.45, 2.75) is 0 Å². The summed E-state index contributed by atoms with van der Waals surface area (Å²) < 4.78 is 38.2. The second-order valence-corrected chi connectivity index (χ2v) is 20.1. The smallest absolute Gasteiger partial charge is 0.131 e. The molecule has 0 spiro atoms. The van der Waals surface area contributed by atoms with Gasteiger partial charge in [0.15, 0.2) is 0 Å². The van der Waals surface area contributed by atoms with E-state index < -0.39 is 6.98 Å². The van der Waals surface area contributed by atoms with Gasteiger partial charge in [-0.3, -0.25) is 0 Å². The SMILES string of the molecule is [2H]C([2H])([2H])N1CN(c2cc(Oc3cccc(N4CN(c5ccc(N6CN(c7cccc(Oc8cc(N(C)C)cc(N9CN(C)c%10ccccc%109)c8)c7)c7ccccc76)cc5)c5ccccc54)c3)cc(N(C)C)c2)c2ccccc21. The first-order chi connectivity index (χ1) is 38.3. The first kappa shape index (κ1) is 43.0. The molecule has 0 saturated carbocycles. The van der Waals surface area contributed by atoms with E-state index in [1.54, 1.807) is 0 Å². The molecule has 4 aliphatic rings. The molecule has 0 amide bonds. The van der Waals surface area contributed by atoms with Crippen LogP contribution in [-0.2, 0) is 0 Å². The summed E-state index contributed by atoms with van der Waals surface area (Å²) in [5, 5.41) is 0. The lowest BCUT2D eigenvalue weighted by molar-refractivity contribution is 0.482. The van der Waals surface area contributed by atoms with Gasteiger partial charge in [0.05, 0.1) is 58.8 Å². The van der Waals surface area contributed by atoms with Crippen LogP contribution < -0.4 is 58.5 Å². The molecule has 0 atom stereocenters. The molecule has 12 heteroatoms. The van der Waals surface area contributed by atoms with Gasteiger partial charge in [-0.1, -0.05) is 60.7 Å². The van der Waals surface area contributed by atoms with E-state index in [0.29, 0.717) is 30.5 Å². The Labute approximate surface area is 450 Å². The predicted octanol–water partition coefficient (Wildman–Crippen LogP) is 15.0. The summed E-state index contributed by atoms with van der Waals surface area (Å²) in [6.07, 6.45) is 0. The Bertz CT molecular complexity index is 3760. The summed E-state index contributed by atoms with van der Waals surface area (Å²) in [5.41, 5.74) is 16.5. The zero-order valence-corrected chi connectivity index (χ0v) is 43.2. The molecule has 9 aromatic rings. The highest BCUT2D eigenvalue weighted by molar-refractivity contribution is 5.91. The van der Waals surface area contributed by atoms with E-state index >= 15 is 0 Å². The van der Waals surface area contributed by atoms with E-state index in [9.17, 15) is 0 Å². The normalized spacial score (nSPS) is 15.0. The third kappa shape index (κ3) is 8.37. The number of benzene rings is 9. The lowest BCUT2D eigenvalue weighted by Crippen LogP contribution is -2.25. The number of anilines is 16. The number of rotatable bonds is 12. The van der Waals surface area contributed by atoms with Gasteiger partial charge >= 0.3 is 0 Å². The second-order valence-electron chi connectivity index (χ2n) is 20.1. The number of ether oxygens (including phenoxy) is 2. The topological polar surface area (TPSA) is 50.9 Å². The van der Waals surface area contributed by atoms with Gasteiger partial charge in [-0.15, -0.1) is 0 Å². The number of fused-ring (bicyclic) bond motifs is 4. The largest absolute Gasteiger partial charge is 0.457 e. The summed E-state index contributed by atoms with van der Waals surface area (Å²) in [5.74, 6) is 2.87. The Balaban J connectivity index is 0.730. The van der Waals surface area contributed by atoms with Crippen LogP contribution in [0.4, 0.5) is 91.0 Å². The van der Waals surface area contributed by atoms with E-state index in [-0.39, 0.29) is 6.67 Å². The minimum Gasteiger partial charge on any atom is -0.457 e. The van der Waals surface area contributed by atoms with Crippen molar-refractivity contribution in [2.24, 2.45) is 0 Å². The minimum atomic E-state index is -2.29. The average Bonchev–Trinajstić information content (AvgIpc) is 4.28. The lowest BCUT2D eigenvalue weighted by Gasteiger charge is -2.25. The summed E-state index contributed by atoms with van der Waals surface area (Å²) in [6.45, 7) is -0.127. The number of nitrogens with zero attached hydrogens (tertiary/aromatic N) is 10. The van der Waals surface area contributed by atoms with Gasteiger partial charge in [0, 0.05) is 128 Å². The van der Waals surface area contributed by atoms with Gasteiger partial charge in [-0.25, -0.2) is 0 Å². The lowest BCUT2D eigenvalue weighted by atomic mass is 10.2. The van der Waals surface area contributed by atoms with Crippen molar-refractivity contribution in [3.05, 3.63) is 206 Å². The molecular formula is C64H60N10O2. The highest BCUT2D eigenvalue weighted by Gasteiger charge is 2.32. The van der Waals surface area contributed by atoms with E-state index in [0.717, 1.165) is 92.1 Å². The highest BCUT2D eigenvalue weighted by Crippen LogP contribution is 2.49. The Kier molecular flexibility index (Phi) is 10.6. The Morgan fingerprint density at radius 2 is 0.645 bits per heavy atom. The molecule has 0 radical (unpaired) electrons. The molecule has 0 bridgehead atoms. The maximum absolute atomic E-state index is 8.26. The monoisotopic (exact) mass is 1000 g/mol. The van der Waals surface area contributed by atoms with Gasteiger partial charge in [-0.05, 0) is 109 Å². The van der Waals surface area contributed by atoms with Crippen molar-refractivity contribution >= 4 is 91.0 Å². The Hall–Kier alpha value is -9.42. The maximum atomic E-state index is 8.26. The summed E-state index contributed by atoms with van der Waals surface area (Å²) in [7, 11) is 10.2. The van der Waals surface area contributed by atoms with Crippen LogP contribution in [0.15, 0.2) is 206 Å². The average molecular weight is 1000 g/mol. The first-order valence-corrected chi connectivity index (χ1v) is 25.6. The first-order valence-electron chi connectivity index (χ1n) is 27.1. The Morgan fingerprint density at radius 3 is 1.04 bits per heavy atom. The minimum absolute atomic E-state index is 0.190. The van der Waals surface area contributed by atoms with Crippen molar-refractivity contribution in [2.75, 3.05) is 118 Å². The van der Waals surface area contributed by atoms with Crippen LogP contribution in [0.25, 0.3) is 0 Å². The van der Waals surface area contributed by atoms with E-state index in [4.69, 9.17) is 13.6 Å². The third-order valence-electron chi connectivity index (χ3n) is 14.8. The van der Waals surface area contributed by atoms with E-state index in [1.165, 1.54) is 16.3 Å². The molecule has 378 valence electrons. The summed E-state index contributed by atoms with van der Waals surface area (Å²) in [4.78, 5) is 21.6. The van der Waals surface area contributed by atoms with Crippen molar-refractivity contribution in [3.8, 4) is 23.0 Å². The quantitative estimate of drug-likeness (QED) is 0.117. The van der Waals surface area contributed by atoms with Gasteiger partial charge < -0.3 is 58.5 Å². The van der Waals surface area contributed by atoms with Crippen LogP contribution in [0.2, 0.25) is 0 Å². The van der Waals surface area contributed by atoms with Crippen molar-refractivity contribution < 1.29 is 13.6 Å². The molecular weight excluding hydrogens is 941 g/mol. The molecule has 12 nitrogen and oxygen atoms in total. The zero-order valence-electron chi connectivity index (χ0n) is 46.2. The molecule has 0 N–H and O–H groups in total. The van der Waals surface area contributed by atoms with Crippen LogP contribution >= 0.6 is 0 Å². The van der Waals surface area contributed by atoms with Gasteiger partial charge in [0.1, 0.15) is 36.3 Å². The fourth-order valence-electron chi connectivity index (χ4n) is 10.9. The molecule has 9 aromatic carbocycles. The van der Waals surface area contributed by atoms with Crippen LogP contribution in [0.1, 0.15) is 4.11 Å². The molecule has 0 aromatic heterocycles. The van der Waals surface area contributed by atoms with Gasteiger partial charge in [-0.2, -0.15) is 0 Å². The summed E-state index contributed by atoms with van der Waals surface area (Å²) in [6, 6.07) is 71.3. The van der Waals surface area contributed by atoms with Crippen LogP contribution in [-0.4, -0.2) is 68.9 Å². The fourth-order valence-corrected chi connectivity index (χ4v) is 10.9. The van der Waals surface area contributed by atoms with E-state index in [2.05, 4.69) is 207 Å². The Morgan fingerprint density at radius 1 is 0.316 bits per heavy atom. The molecule has 0 saturated heterocycles.